The van der Waals surface area contributed by atoms with Crippen LogP contribution in [0.4, 0.5) is 8.78 Å². The topological polar surface area (TPSA) is 112 Å². The van der Waals surface area contributed by atoms with Crippen molar-refractivity contribution >= 4 is 15.4 Å². The first-order valence-electron chi connectivity index (χ1n) is 14.4. The minimum absolute atomic E-state index is 0.0278. The van der Waals surface area contributed by atoms with E-state index in [1.807, 2.05) is 12.3 Å². The van der Waals surface area contributed by atoms with Gasteiger partial charge in [-0.1, -0.05) is 6.92 Å². The van der Waals surface area contributed by atoms with Crippen LogP contribution in [0.1, 0.15) is 67.0 Å². The standard InChI is InChI=1S/C31H35F2N5O3S/c1-18-11-21(14-27(34)31(18)41-9-10-42(2,39)40)24-7-8-35-16-22(24)15-29-36-17-23-5-6-28(37-38(23)29)30-25(32)12-20(13-26(30)33)19-3-4-19/h5-8,12-13,16-19,21,27,31H,3-4,9-11,14-15,34H2,1-2H3/t18-,21+,27+,31-/m0/s1. The van der Waals surface area contributed by atoms with Gasteiger partial charge in [0.25, 0.3) is 0 Å². The zero-order valence-corrected chi connectivity index (χ0v) is 24.5. The van der Waals surface area contributed by atoms with Gasteiger partial charge in [0.1, 0.15) is 27.3 Å². The molecule has 3 aromatic heterocycles. The number of sulfone groups is 1. The van der Waals surface area contributed by atoms with E-state index in [1.54, 1.807) is 29.0 Å². The Balaban J connectivity index is 1.24. The molecule has 8 nitrogen and oxygen atoms in total. The maximum atomic E-state index is 15.1. The summed E-state index contributed by atoms with van der Waals surface area (Å²) in [4.78, 5) is 8.95. The number of ether oxygens (including phenoxy) is 1. The van der Waals surface area contributed by atoms with E-state index in [4.69, 9.17) is 10.5 Å². The second-order valence-electron chi connectivity index (χ2n) is 11.9. The van der Waals surface area contributed by atoms with E-state index < -0.39 is 21.5 Å². The molecule has 4 atom stereocenters. The molecule has 0 amide bonds. The van der Waals surface area contributed by atoms with Gasteiger partial charge in [-0.15, -0.1) is 0 Å². The van der Waals surface area contributed by atoms with Crippen molar-refractivity contribution in [2.45, 2.75) is 63.0 Å². The number of hydrogen-bond acceptors (Lipinski definition) is 7. The number of rotatable bonds is 9. The Labute approximate surface area is 244 Å². The van der Waals surface area contributed by atoms with Gasteiger partial charge in [0.05, 0.1) is 41.4 Å². The first-order chi connectivity index (χ1) is 20.1. The summed E-state index contributed by atoms with van der Waals surface area (Å²) >= 11 is 0. The third-order valence-electron chi connectivity index (χ3n) is 8.51. The fourth-order valence-electron chi connectivity index (χ4n) is 6.27. The van der Waals surface area contributed by atoms with Gasteiger partial charge in [-0.2, -0.15) is 5.10 Å². The molecule has 222 valence electrons. The van der Waals surface area contributed by atoms with Crippen LogP contribution < -0.4 is 5.73 Å². The van der Waals surface area contributed by atoms with Crippen LogP contribution >= 0.6 is 0 Å². The molecule has 6 rings (SSSR count). The molecule has 0 unspecified atom stereocenters. The molecule has 2 N–H and O–H groups in total. The number of fused-ring (bicyclic) bond motifs is 1. The smallest absolute Gasteiger partial charge is 0.149 e. The summed E-state index contributed by atoms with van der Waals surface area (Å²) in [5.41, 5.74) is 10.1. The van der Waals surface area contributed by atoms with Crippen molar-refractivity contribution in [1.82, 2.24) is 19.6 Å². The summed E-state index contributed by atoms with van der Waals surface area (Å²) in [6, 6.07) is 8.00. The van der Waals surface area contributed by atoms with Crippen molar-refractivity contribution in [2.75, 3.05) is 18.6 Å². The minimum Gasteiger partial charge on any atom is -0.375 e. The minimum atomic E-state index is -3.11. The lowest BCUT2D eigenvalue weighted by atomic mass is 9.73. The molecule has 11 heteroatoms. The van der Waals surface area contributed by atoms with E-state index in [0.29, 0.717) is 24.2 Å². The largest absolute Gasteiger partial charge is 0.375 e. The van der Waals surface area contributed by atoms with E-state index in [0.717, 1.165) is 35.9 Å². The molecule has 0 saturated heterocycles. The number of benzene rings is 1. The van der Waals surface area contributed by atoms with E-state index in [-0.39, 0.29) is 53.5 Å². The van der Waals surface area contributed by atoms with Crippen LogP contribution in [0.2, 0.25) is 0 Å². The number of aromatic nitrogens is 4. The molecular weight excluding hydrogens is 560 g/mol. The molecule has 4 aromatic rings. The van der Waals surface area contributed by atoms with E-state index in [9.17, 15) is 8.42 Å². The molecule has 42 heavy (non-hydrogen) atoms. The highest BCUT2D eigenvalue weighted by Crippen LogP contribution is 2.42. The monoisotopic (exact) mass is 595 g/mol. The van der Waals surface area contributed by atoms with Gasteiger partial charge >= 0.3 is 0 Å². The van der Waals surface area contributed by atoms with Crippen molar-refractivity contribution in [3.05, 3.63) is 83.1 Å². The second kappa shape index (κ2) is 11.4. The maximum absolute atomic E-state index is 15.1. The van der Waals surface area contributed by atoms with Crippen molar-refractivity contribution < 1.29 is 21.9 Å². The third-order valence-corrected chi connectivity index (χ3v) is 9.42. The molecular formula is C31H35F2N5O3S. The van der Waals surface area contributed by atoms with Crippen LogP contribution in [-0.2, 0) is 21.0 Å². The lowest BCUT2D eigenvalue weighted by Crippen LogP contribution is -2.47. The van der Waals surface area contributed by atoms with Crippen LogP contribution in [0.25, 0.3) is 16.8 Å². The van der Waals surface area contributed by atoms with Gasteiger partial charge in [0, 0.05) is 31.1 Å². The fourth-order valence-corrected chi connectivity index (χ4v) is 6.67. The van der Waals surface area contributed by atoms with Crippen LogP contribution in [-0.4, -0.2) is 58.8 Å². The quantitative estimate of drug-likeness (QED) is 0.296. The highest BCUT2D eigenvalue weighted by atomic mass is 32.2. The van der Waals surface area contributed by atoms with Crippen molar-refractivity contribution in [1.29, 1.82) is 0 Å². The molecule has 0 aliphatic heterocycles. The summed E-state index contributed by atoms with van der Waals surface area (Å²) in [6.45, 7) is 2.22. The predicted molar refractivity (Wildman–Crippen MR) is 156 cm³/mol. The molecule has 2 aliphatic rings. The highest BCUT2D eigenvalue weighted by Gasteiger charge is 2.36. The van der Waals surface area contributed by atoms with Crippen molar-refractivity contribution in [2.24, 2.45) is 11.7 Å². The summed E-state index contributed by atoms with van der Waals surface area (Å²) in [6.07, 6.45) is 10.1. The zero-order valence-electron chi connectivity index (χ0n) is 23.7. The Hall–Kier alpha value is -3.28. The first-order valence-corrected chi connectivity index (χ1v) is 16.4. The van der Waals surface area contributed by atoms with E-state index in [2.05, 4.69) is 22.0 Å². The zero-order chi connectivity index (χ0) is 29.6. The molecule has 0 radical (unpaired) electrons. The van der Waals surface area contributed by atoms with Gasteiger partial charge in [-0.3, -0.25) is 4.98 Å². The van der Waals surface area contributed by atoms with E-state index >= 15 is 8.78 Å². The van der Waals surface area contributed by atoms with Crippen LogP contribution in [0.5, 0.6) is 0 Å². The average molecular weight is 596 g/mol. The molecule has 0 bridgehead atoms. The number of nitrogens with zero attached hydrogens (tertiary/aromatic N) is 4. The number of halogens is 2. The Morgan fingerprint density at radius 2 is 1.83 bits per heavy atom. The normalized spacial score (nSPS) is 23.0. The van der Waals surface area contributed by atoms with Gasteiger partial charge < -0.3 is 10.5 Å². The Bertz CT molecular complexity index is 1690. The first kappa shape index (κ1) is 28.8. The maximum Gasteiger partial charge on any atom is 0.149 e. The molecule has 2 saturated carbocycles. The van der Waals surface area contributed by atoms with E-state index in [1.165, 1.54) is 18.4 Å². The van der Waals surface area contributed by atoms with Gasteiger partial charge in [0.15, 0.2) is 0 Å². The number of imidazole rings is 1. The van der Waals surface area contributed by atoms with Crippen LogP contribution in [0.15, 0.2) is 48.9 Å². The van der Waals surface area contributed by atoms with Crippen molar-refractivity contribution in [3.63, 3.8) is 0 Å². The molecule has 2 fully saturated rings. The molecule has 0 spiro atoms. The Morgan fingerprint density at radius 1 is 1.07 bits per heavy atom. The van der Waals surface area contributed by atoms with Gasteiger partial charge in [-0.05, 0) is 90.5 Å². The average Bonchev–Trinajstić information content (AvgIpc) is 3.71. The molecule has 3 heterocycles. The number of nitrogens with two attached hydrogens (primary N) is 1. The summed E-state index contributed by atoms with van der Waals surface area (Å²) in [7, 11) is -3.11. The SMILES string of the molecule is C[C@H]1C[C@@H](c2ccncc2Cc2ncc3ccc(-c4c(F)cc(C5CC5)cc4F)nn23)C[C@@H](N)[C@H]1OCCS(C)(=O)=O. The highest BCUT2D eigenvalue weighted by molar-refractivity contribution is 7.90. The van der Waals surface area contributed by atoms with Crippen LogP contribution in [0, 0.1) is 17.6 Å². The lowest BCUT2D eigenvalue weighted by molar-refractivity contribution is -0.0154. The van der Waals surface area contributed by atoms with Gasteiger partial charge in [0.2, 0.25) is 0 Å². The predicted octanol–water partition coefficient (Wildman–Crippen LogP) is 4.81. The molecule has 2 aliphatic carbocycles. The fraction of sp³-hybridized carbons (Fsp3) is 0.452. The summed E-state index contributed by atoms with van der Waals surface area (Å²) in [5.74, 6) is -0.0840. The Kier molecular flexibility index (Phi) is 7.84. The number of hydrogen-bond donors (Lipinski definition) is 1. The summed E-state index contributed by atoms with van der Waals surface area (Å²) in [5, 5.41) is 4.61. The van der Waals surface area contributed by atoms with Crippen LogP contribution in [0.3, 0.4) is 0 Å². The van der Waals surface area contributed by atoms with Crippen molar-refractivity contribution in [3.8, 4) is 11.3 Å². The Morgan fingerprint density at radius 3 is 2.52 bits per heavy atom. The number of pyridine rings is 1. The summed E-state index contributed by atoms with van der Waals surface area (Å²) < 4.78 is 60.7. The lowest BCUT2D eigenvalue weighted by Gasteiger charge is -2.39. The molecule has 1 aromatic carbocycles. The van der Waals surface area contributed by atoms with Gasteiger partial charge in [-0.25, -0.2) is 26.7 Å². The second-order valence-corrected chi connectivity index (χ2v) is 14.1. The third kappa shape index (κ3) is 6.09.